The van der Waals surface area contributed by atoms with E-state index in [0.29, 0.717) is 24.7 Å². The number of hydrogen-bond acceptors (Lipinski definition) is 5. The average molecular weight is 466 g/mol. The van der Waals surface area contributed by atoms with Crippen LogP contribution in [0.5, 0.6) is 0 Å². The van der Waals surface area contributed by atoms with Gasteiger partial charge in [0.15, 0.2) is 0 Å². The predicted molar refractivity (Wildman–Crippen MR) is 133 cm³/mol. The molecule has 2 aliphatic rings. The number of aromatic nitrogens is 1. The summed E-state index contributed by atoms with van der Waals surface area (Å²) in [5, 5.41) is 5.87. The fourth-order valence-electron chi connectivity index (χ4n) is 4.62. The van der Waals surface area contributed by atoms with Gasteiger partial charge < -0.3 is 20.3 Å². The Bertz CT molecular complexity index is 1020. The van der Waals surface area contributed by atoms with Crippen LogP contribution < -0.4 is 10.6 Å². The van der Waals surface area contributed by atoms with Crippen LogP contribution in [0.25, 0.3) is 0 Å². The van der Waals surface area contributed by atoms with Crippen LogP contribution in [0.3, 0.4) is 0 Å². The van der Waals surface area contributed by atoms with E-state index in [1.165, 1.54) is 11.1 Å². The first-order chi connectivity index (χ1) is 16.2. The monoisotopic (exact) mass is 465 g/mol. The minimum absolute atomic E-state index is 0.226. The molecule has 0 spiro atoms. The molecule has 1 aromatic heterocycles. The van der Waals surface area contributed by atoms with Gasteiger partial charge in [-0.2, -0.15) is 0 Å². The molecule has 34 heavy (non-hydrogen) atoms. The number of anilines is 2. The highest BCUT2D eigenvalue weighted by molar-refractivity contribution is 6.00. The first kappa shape index (κ1) is 24.0. The molecule has 4 rings (SSSR count). The molecule has 1 aliphatic carbocycles. The average Bonchev–Trinajstić information content (AvgIpc) is 3.18. The van der Waals surface area contributed by atoms with Crippen molar-refractivity contribution in [1.82, 2.24) is 14.8 Å². The van der Waals surface area contributed by atoms with Crippen molar-refractivity contribution in [2.75, 3.05) is 43.4 Å². The van der Waals surface area contributed by atoms with Crippen LogP contribution in [0.15, 0.2) is 36.5 Å². The van der Waals surface area contributed by atoms with Gasteiger partial charge in [0, 0.05) is 44.1 Å². The van der Waals surface area contributed by atoms with Crippen molar-refractivity contribution in [3.8, 4) is 0 Å². The van der Waals surface area contributed by atoms with Crippen molar-refractivity contribution >= 4 is 23.5 Å². The Balaban J connectivity index is 1.28. The number of amides is 3. The summed E-state index contributed by atoms with van der Waals surface area (Å²) in [6.45, 7) is 11.7. The lowest BCUT2D eigenvalue weighted by molar-refractivity contribution is 0.0134. The molecular weight excluding hydrogens is 430 g/mol. The molecule has 1 unspecified atom stereocenters. The first-order valence-corrected chi connectivity index (χ1v) is 12.0. The van der Waals surface area contributed by atoms with Gasteiger partial charge in [-0.3, -0.25) is 9.88 Å². The van der Waals surface area contributed by atoms with E-state index >= 15 is 0 Å². The van der Waals surface area contributed by atoms with Gasteiger partial charge in [-0.25, -0.2) is 9.59 Å². The second-order valence-electron chi connectivity index (χ2n) is 10.3. The van der Waals surface area contributed by atoms with Gasteiger partial charge in [0.1, 0.15) is 5.60 Å². The van der Waals surface area contributed by atoms with E-state index in [1.807, 2.05) is 52.0 Å². The lowest BCUT2D eigenvalue weighted by Crippen LogP contribution is -2.51. The molecule has 1 saturated heterocycles. The van der Waals surface area contributed by atoms with Crippen LogP contribution in [0.4, 0.5) is 21.0 Å². The molecule has 0 bridgehead atoms. The maximum absolute atomic E-state index is 12.5. The largest absolute Gasteiger partial charge is 0.444 e. The molecule has 1 aliphatic heterocycles. The number of fused-ring (bicyclic) bond motifs is 1. The highest BCUT2D eigenvalue weighted by Crippen LogP contribution is 2.33. The Morgan fingerprint density at radius 2 is 1.82 bits per heavy atom. The third-order valence-corrected chi connectivity index (χ3v) is 6.23. The van der Waals surface area contributed by atoms with Crippen molar-refractivity contribution in [3.05, 3.63) is 53.3 Å². The van der Waals surface area contributed by atoms with Crippen molar-refractivity contribution in [3.63, 3.8) is 0 Å². The summed E-state index contributed by atoms with van der Waals surface area (Å²) in [5.41, 5.74) is 4.49. The maximum Gasteiger partial charge on any atom is 0.410 e. The predicted octanol–water partition coefficient (Wildman–Crippen LogP) is 4.30. The van der Waals surface area contributed by atoms with E-state index in [4.69, 9.17) is 4.74 Å². The zero-order valence-corrected chi connectivity index (χ0v) is 20.6. The number of nitrogens with one attached hydrogen (secondary N) is 2. The summed E-state index contributed by atoms with van der Waals surface area (Å²) in [5.74, 6) is 0.496. The molecule has 0 radical (unpaired) electrons. The Labute approximate surface area is 201 Å². The number of carbonyl (C=O) groups is 2. The van der Waals surface area contributed by atoms with Crippen molar-refractivity contribution in [2.24, 2.45) is 5.92 Å². The minimum Gasteiger partial charge on any atom is -0.444 e. The molecule has 2 heterocycles. The fourth-order valence-corrected chi connectivity index (χ4v) is 4.62. The van der Waals surface area contributed by atoms with E-state index in [9.17, 15) is 9.59 Å². The van der Waals surface area contributed by atoms with Crippen LogP contribution in [-0.2, 0) is 17.6 Å². The molecule has 2 N–H and O–H groups in total. The first-order valence-electron chi connectivity index (χ1n) is 12.0. The topological polar surface area (TPSA) is 86.8 Å². The van der Waals surface area contributed by atoms with Gasteiger partial charge in [0.05, 0.1) is 11.9 Å². The molecule has 0 saturated carbocycles. The summed E-state index contributed by atoms with van der Waals surface area (Å²) < 4.78 is 5.50. The minimum atomic E-state index is -0.469. The lowest BCUT2D eigenvalue weighted by Gasteiger charge is -2.36. The van der Waals surface area contributed by atoms with Crippen LogP contribution in [0, 0.1) is 12.8 Å². The number of rotatable bonds is 4. The number of hydrogen-bond donors (Lipinski definition) is 2. The molecule has 2 aromatic rings. The second-order valence-corrected chi connectivity index (χ2v) is 10.3. The SMILES string of the molecule is Cc1ccc(NC(=O)Nc2cccc3c2CC(CN2CCN(C(=O)OC(C)(C)C)CC2)C3)cn1. The van der Waals surface area contributed by atoms with Gasteiger partial charge in [-0.05, 0) is 75.8 Å². The van der Waals surface area contributed by atoms with Gasteiger partial charge in [0.25, 0.3) is 0 Å². The smallest absolute Gasteiger partial charge is 0.410 e. The summed E-state index contributed by atoms with van der Waals surface area (Å²) >= 11 is 0. The molecule has 1 atom stereocenters. The number of pyridine rings is 1. The number of benzene rings is 1. The summed E-state index contributed by atoms with van der Waals surface area (Å²) in [4.78, 5) is 33.3. The van der Waals surface area contributed by atoms with Crippen LogP contribution in [-0.4, -0.2) is 65.2 Å². The Kier molecular flexibility index (Phi) is 7.07. The third-order valence-electron chi connectivity index (χ3n) is 6.23. The molecule has 182 valence electrons. The Morgan fingerprint density at radius 3 is 2.50 bits per heavy atom. The van der Waals surface area contributed by atoms with Gasteiger partial charge in [0.2, 0.25) is 0 Å². The van der Waals surface area contributed by atoms with Crippen molar-refractivity contribution in [2.45, 2.75) is 46.1 Å². The zero-order valence-electron chi connectivity index (χ0n) is 20.6. The number of carbonyl (C=O) groups excluding carboxylic acids is 2. The Morgan fingerprint density at radius 1 is 1.06 bits per heavy atom. The molecular formula is C26H35N5O3. The van der Waals surface area contributed by atoms with E-state index in [1.54, 1.807) is 11.1 Å². The lowest BCUT2D eigenvalue weighted by atomic mass is 10.1. The van der Waals surface area contributed by atoms with E-state index in [2.05, 4.69) is 26.6 Å². The summed E-state index contributed by atoms with van der Waals surface area (Å²) in [6.07, 6.45) is 3.36. The van der Waals surface area contributed by atoms with Crippen molar-refractivity contribution in [1.29, 1.82) is 0 Å². The van der Waals surface area contributed by atoms with Gasteiger partial charge in [-0.1, -0.05) is 12.1 Å². The summed E-state index contributed by atoms with van der Waals surface area (Å²) in [7, 11) is 0. The normalized spacial score (nSPS) is 18.4. The van der Waals surface area contributed by atoms with Gasteiger partial charge >= 0.3 is 12.1 Å². The molecule has 3 amide bonds. The van der Waals surface area contributed by atoms with Crippen LogP contribution in [0.2, 0.25) is 0 Å². The number of nitrogens with zero attached hydrogens (tertiary/aromatic N) is 3. The molecule has 1 fully saturated rings. The number of urea groups is 1. The van der Waals surface area contributed by atoms with E-state index in [0.717, 1.165) is 43.9 Å². The highest BCUT2D eigenvalue weighted by Gasteiger charge is 2.29. The molecule has 8 nitrogen and oxygen atoms in total. The van der Waals surface area contributed by atoms with Crippen molar-refractivity contribution < 1.29 is 14.3 Å². The van der Waals surface area contributed by atoms with E-state index < -0.39 is 5.60 Å². The van der Waals surface area contributed by atoms with Gasteiger partial charge in [-0.15, -0.1) is 0 Å². The standard InChI is InChI=1S/C26H35N5O3/c1-18-8-9-21(16-27-18)28-24(32)29-23-7-5-6-20-14-19(15-22(20)23)17-30-10-12-31(13-11-30)25(33)34-26(2,3)4/h5-9,16,19H,10-15,17H2,1-4H3,(H2,28,29,32). The summed E-state index contributed by atoms with van der Waals surface area (Å²) in [6, 6.07) is 9.57. The maximum atomic E-state index is 12.5. The second kappa shape index (κ2) is 10.0. The van der Waals surface area contributed by atoms with Crippen LogP contribution in [0.1, 0.15) is 37.6 Å². The molecule has 8 heteroatoms. The number of ether oxygens (including phenoxy) is 1. The third kappa shape index (κ3) is 6.26. The number of aryl methyl sites for hydroxylation is 1. The molecule has 1 aromatic carbocycles. The fraction of sp³-hybridized carbons (Fsp3) is 0.500. The highest BCUT2D eigenvalue weighted by atomic mass is 16.6. The Hall–Kier alpha value is -3.13. The quantitative estimate of drug-likeness (QED) is 0.703. The van der Waals surface area contributed by atoms with Crippen LogP contribution >= 0.6 is 0 Å². The zero-order chi connectivity index (χ0) is 24.3. The number of piperazine rings is 1. The van der Waals surface area contributed by atoms with E-state index in [-0.39, 0.29) is 12.1 Å².